The first-order valence-electron chi connectivity index (χ1n) is 8.25. The highest BCUT2D eigenvalue weighted by atomic mass is 32.2. The molecule has 1 amide bonds. The van der Waals surface area contributed by atoms with Gasteiger partial charge in [-0.2, -0.15) is 4.31 Å². The maximum absolute atomic E-state index is 12.6. The van der Waals surface area contributed by atoms with Crippen LogP contribution >= 0.6 is 0 Å². The van der Waals surface area contributed by atoms with Gasteiger partial charge in [0.05, 0.1) is 31.6 Å². The molecular weight excluding hydrogens is 360 g/mol. The minimum atomic E-state index is -3.77. The number of hydrogen-bond acceptors (Lipinski definition) is 6. The van der Waals surface area contributed by atoms with Crippen LogP contribution in [-0.4, -0.2) is 70.4 Å². The van der Waals surface area contributed by atoms with E-state index in [9.17, 15) is 18.0 Å². The summed E-state index contributed by atoms with van der Waals surface area (Å²) in [5.74, 6) is -0.204. The number of ether oxygens (including phenoxy) is 2. The summed E-state index contributed by atoms with van der Waals surface area (Å²) < 4.78 is 35.9. The van der Waals surface area contributed by atoms with Gasteiger partial charge >= 0.3 is 5.97 Å². The monoisotopic (exact) mass is 384 g/mol. The van der Waals surface area contributed by atoms with E-state index in [4.69, 9.17) is 9.47 Å². The molecule has 0 bridgehead atoms. The molecule has 0 aromatic heterocycles. The quantitative estimate of drug-likeness (QED) is 0.671. The molecule has 0 atom stereocenters. The molecule has 1 saturated heterocycles. The summed E-state index contributed by atoms with van der Waals surface area (Å²) in [4.78, 5) is 25.6. The Hall–Kier alpha value is -2.13. The Morgan fingerprint density at radius 2 is 1.73 bits per heavy atom. The van der Waals surface area contributed by atoms with Crippen LogP contribution in [0, 0.1) is 5.92 Å². The summed E-state index contributed by atoms with van der Waals surface area (Å²) in [6.45, 7) is 0.571. The second kappa shape index (κ2) is 8.50. The number of hydrogen-bond donors (Lipinski definition) is 0. The molecule has 0 radical (unpaired) electrons. The summed E-state index contributed by atoms with van der Waals surface area (Å²) in [5, 5.41) is 0. The van der Waals surface area contributed by atoms with Gasteiger partial charge in [0, 0.05) is 20.1 Å². The van der Waals surface area contributed by atoms with Crippen molar-refractivity contribution in [1.82, 2.24) is 9.21 Å². The summed E-state index contributed by atoms with van der Waals surface area (Å²) in [7, 11) is 0.448. The van der Waals surface area contributed by atoms with E-state index in [0.717, 1.165) is 4.31 Å². The van der Waals surface area contributed by atoms with Crippen LogP contribution in [0.15, 0.2) is 29.2 Å². The summed E-state index contributed by atoms with van der Waals surface area (Å²) >= 11 is 0. The van der Waals surface area contributed by atoms with Crippen LogP contribution in [0.25, 0.3) is 0 Å². The lowest BCUT2D eigenvalue weighted by atomic mass is 9.97. The Morgan fingerprint density at radius 1 is 1.15 bits per heavy atom. The SMILES string of the molecule is COC(=O)C1CCN(C(=O)CN(C)S(=O)(=O)c2ccc(OC)cc2)CC1. The van der Waals surface area contributed by atoms with Crippen molar-refractivity contribution in [2.24, 2.45) is 5.92 Å². The van der Waals surface area contributed by atoms with Crippen molar-refractivity contribution in [2.75, 3.05) is 40.9 Å². The number of amides is 1. The molecule has 1 heterocycles. The van der Waals surface area contributed by atoms with Crippen LogP contribution in [0.4, 0.5) is 0 Å². The Bertz CT molecular complexity index is 739. The van der Waals surface area contributed by atoms with Gasteiger partial charge in [-0.3, -0.25) is 9.59 Å². The predicted molar refractivity (Wildman–Crippen MR) is 94.1 cm³/mol. The highest BCUT2D eigenvalue weighted by molar-refractivity contribution is 7.89. The Labute approximate surface area is 153 Å². The molecule has 1 aliphatic rings. The average molecular weight is 384 g/mol. The molecule has 1 aliphatic heterocycles. The molecule has 1 fully saturated rings. The predicted octanol–water partition coefficient (Wildman–Crippen LogP) is 0.727. The van der Waals surface area contributed by atoms with E-state index in [1.165, 1.54) is 33.4 Å². The fourth-order valence-corrected chi connectivity index (χ4v) is 3.95. The molecule has 0 spiro atoms. The van der Waals surface area contributed by atoms with Gasteiger partial charge in [0.15, 0.2) is 0 Å². The van der Waals surface area contributed by atoms with Crippen molar-refractivity contribution in [2.45, 2.75) is 17.7 Å². The number of methoxy groups -OCH3 is 2. The van der Waals surface area contributed by atoms with Gasteiger partial charge in [-0.15, -0.1) is 0 Å². The number of carbonyl (C=O) groups excluding carboxylic acids is 2. The standard InChI is InChI=1S/C17H24N2O6S/c1-18(26(22,23)15-6-4-14(24-2)5-7-15)12-16(20)19-10-8-13(9-11-19)17(21)25-3/h4-7,13H,8-12H2,1-3H3. The van der Waals surface area contributed by atoms with Gasteiger partial charge in [-0.1, -0.05) is 0 Å². The van der Waals surface area contributed by atoms with Crippen molar-refractivity contribution in [3.05, 3.63) is 24.3 Å². The lowest BCUT2D eigenvalue weighted by Crippen LogP contribution is -2.45. The minimum Gasteiger partial charge on any atom is -0.497 e. The van der Waals surface area contributed by atoms with E-state index in [-0.39, 0.29) is 29.2 Å². The zero-order valence-corrected chi connectivity index (χ0v) is 16.0. The molecule has 0 N–H and O–H groups in total. The zero-order valence-electron chi connectivity index (χ0n) is 15.2. The molecule has 0 unspecified atom stereocenters. The van der Waals surface area contributed by atoms with Gasteiger partial charge in [-0.05, 0) is 37.1 Å². The maximum atomic E-state index is 12.6. The summed E-state index contributed by atoms with van der Waals surface area (Å²) in [6.07, 6.45) is 1.04. The summed E-state index contributed by atoms with van der Waals surface area (Å²) in [6, 6.07) is 5.99. The fourth-order valence-electron chi connectivity index (χ4n) is 2.83. The minimum absolute atomic E-state index is 0.0954. The molecular formula is C17H24N2O6S. The average Bonchev–Trinajstić information content (AvgIpc) is 2.67. The lowest BCUT2D eigenvalue weighted by Gasteiger charge is -2.31. The Kier molecular flexibility index (Phi) is 6.60. The number of nitrogens with zero attached hydrogens (tertiary/aromatic N) is 2. The van der Waals surface area contributed by atoms with Gasteiger partial charge in [0.25, 0.3) is 0 Å². The first-order valence-corrected chi connectivity index (χ1v) is 9.69. The van der Waals surface area contributed by atoms with E-state index in [2.05, 4.69) is 0 Å². The van der Waals surface area contributed by atoms with Crippen molar-refractivity contribution in [1.29, 1.82) is 0 Å². The second-order valence-electron chi connectivity index (χ2n) is 6.11. The highest BCUT2D eigenvalue weighted by Gasteiger charge is 2.30. The summed E-state index contributed by atoms with van der Waals surface area (Å²) in [5.41, 5.74) is 0. The normalized spacial score (nSPS) is 15.8. The van der Waals surface area contributed by atoms with Crippen LogP contribution in [0.1, 0.15) is 12.8 Å². The van der Waals surface area contributed by atoms with Gasteiger partial charge in [-0.25, -0.2) is 8.42 Å². The maximum Gasteiger partial charge on any atom is 0.308 e. The smallest absolute Gasteiger partial charge is 0.308 e. The largest absolute Gasteiger partial charge is 0.497 e. The molecule has 2 rings (SSSR count). The number of carbonyl (C=O) groups is 2. The van der Waals surface area contributed by atoms with E-state index in [1.807, 2.05) is 0 Å². The third-order valence-corrected chi connectivity index (χ3v) is 6.33. The number of likely N-dealkylation sites (N-methyl/N-ethyl adjacent to an activating group) is 1. The number of likely N-dealkylation sites (tertiary alicyclic amines) is 1. The molecule has 1 aromatic carbocycles. The third-order valence-electron chi connectivity index (χ3n) is 4.51. The van der Waals surface area contributed by atoms with Crippen molar-refractivity contribution in [3.63, 3.8) is 0 Å². The number of sulfonamides is 1. The van der Waals surface area contributed by atoms with Gasteiger partial charge < -0.3 is 14.4 Å². The van der Waals surface area contributed by atoms with E-state index in [0.29, 0.717) is 31.7 Å². The number of esters is 1. The number of benzene rings is 1. The molecule has 144 valence electrons. The molecule has 1 aromatic rings. The van der Waals surface area contributed by atoms with Crippen LogP contribution in [-0.2, 0) is 24.3 Å². The topological polar surface area (TPSA) is 93.2 Å². The molecule has 9 heteroatoms. The van der Waals surface area contributed by atoms with Crippen molar-refractivity contribution < 1.29 is 27.5 Å². The van der Waals surface area contributed by atoms with E-state index < -0.39 is 10.0 Å². The second-order valence-corrected chi connectivity index (χ2v) is 8.16. The molecule has 0 saturated carbocycles. The van der Waals surface area contributed by atoms with E-state index >= 15 is 0 Å². The highest BCUT2D eigenvalue weighted by Crippen LogP contribution is 2.21. The van der Waals surface area contributed by atoms with Crippen molar-refractivity contribution >= 4 is 21.9 Å². The molecule has 8 nitrogen and oxygen atoms in total. The Balaban J connectivity index is 1.96. The van der Waals surface area contributed by atoms with Crippen LogP contribution in [0.3, 0.4) is 0 Å². The number of piperidine rings is 1. The van der Waals surface area contributed by atoms with Crippen LogP contribution < -0.4 is 4.74 Å². The van der Waals surface area contributed by atoms with Gasteiger partial charge in [0.1, 0.15) is 5.75 Å². The lowest BCUT2D eigenvalue weighted by molar-refractivity contribution is -0.148. The zero-order chi connectivity index (χ0) is 19.3. The van der Waals surface area contributed by atoms with Crippen LogP contribution in [0.5, 0.6) is 5.75 Å². The third kappa shape index (κ3) is 4.53. The van der Waals surface area contributed by atoms with Crippen molar-refractivity contribution in [3.8, 4) is 5.75 Å². The Morgan fingerprint density at radius 3 is 2.23 bits per heavy atom. The first-order chi connectivity index (χ1) is 12.3. The van der Waals surface area contributed by atoms with Crippen LogP contribution in [0.2, 0.25) is 0 Å². The molecule has 0 aliphatic carbocycles. The first kappa shape index (κ1) is 20.2. The number of rotatable bonds is 6. The van der Waals surface area contributed by atoms with Gasteiger partial charge in [0.2, 0.25) is 15.9 Å². The molecule has 26 heavy (non-hydrogen) atoms. The fraction of sp³-hybridized carbons (Fsp3) is 0.529. The van der Waals surface area contributed by atoms with E-state index in [1.54, 1.807) is 17.0 Å².